The van der Waals surface area contributed by atoms with Gasteiger partial charge in [0, 0.05) is 30.0 Å². The van der Waals surface area contributed by atoms with E-state index in [1.54, 1.807) is 12.1 Å². The molecule has 1 aliphatic carbocycles. The first-order valence-corrected chi connectivity index (χ1v) is 14.6. The van der Waals surface area contributed by atoms with Gasteiger partial charge >= 0.3 is 0 Å². The Morgan fingerprint density at radius 3 is 2.40 bits per heavy atom. The molecule has 1 aliphatic heterocycles. The maximum Gasteiger partial charge on any atom is 0.294 e. The summed E-state index contributed by atoms with van der Waals surface area (Å²) in [4.78, 5) is 33.8. The number of aliphatic hydroxyl groups excluding tert-OH is 1. The van der Waals surface area contributed by atoms with Gasteiger partial charge in [0.2, 0.25) is 5.91 Å². The van der Waals surface area contributed by atoms with E-state index in [0.717, 1.165) is 53.7 Å². The summed E-state index contributed by atoms with van der Waals surface area (Å²) in [6.45, 7) is 6.88. The minimum absolute atomic E-state index is 0.0124. The molecule has 1 N–H and O–H groups in total. The van der Waals surface area contributed by atoms with E-state index >= 15 is 0 Å². The number of aryl methyl sites for hydroxylation is 2. The van der Waals surface area contributed by atoms with Gasteiger partial charge in [-0.15, -0.1) is 0 Å². The average Bonchev–Trinajstić information content (AvgIpc) is 3.50. The second kappa shape index (κ2) is 12.4. The number of carbonyl (C=O) groups excluding carboxylic acids is 2. The van der Waals surface area contributed by atoms with E-state index in [2.05, 4.69) is 11.0 Å². The summed E-state index contributed by atoms with van der Waals surface area (Å²) in [5.41, 5.74) is 4.81. The molecule has 2 aliphatic rings. The fraction of sp³-hybridized carbons (Fsp3) is 0.455. The smallest absolute Gasteiger partial charge is 0.294 e. The largest absolute Gasteiger partial charge is 0.459 e. The molecule has 212 valence electrons. The second-order valence-corrected chi connectivity index (χ2v) is 11.4. The van der Waals surface area contributed by atoms with Gasteiger partial charge in [-0.25, -0.2) is 0 Å². The van der Waals surface area contributed by atoms with Crippen LogP contribution in [0.25, 0.3) is 0 Å². The lowest BCUT2D eigenvalue weighted by Crippen LogP contribution is -2.51. The zero-order valence-electron chi connectivity index (χ0n) is 23.9. The van der Waals surface area contributed by atoms with Gasteiger partial charge in [0.05, 0.1) is 25.5 Å². The lowest BCUT2D eigenvalue weighted by molar-refractivity contribution is -0.121. The molecule has 1 saturated carbocycles. The van der Waals surface area contributed by atoms with E-state index in [9.17, 15) is 14.7 Å². The van der Waals surface area contributed by atoms with Gasteiger partial charge in [-0.1, -0.05) is 54.7 Å². The molecule has 0 radical (unpaired) electrons. The van der Waals surface area contributed by atoms with E-state index < -0.39 is 0 Å². The Balaban J connectivity index is 1.54. The SMILES string of the molecule is Cc1ccc(N(C(=O)CN(CCO)C2CCCCC2)[C@@H]2C[C@@H](C)N(C(=O)c3ccco3)c3ccc(C)cc32)cc1. The summed E-state index contributed by atoms with van der Waals surface area (Å²) >= 11 is 0. The topological polar surface area (TPSA) is 77.2 Å². The molecule has 0 saturated heterocycles. The number of fused-ring (bicyclic) bond motifs is 1. The highest BCUT2D eigenvalue weighted by Crippen LogP contribution is 2.43. The van der Waals surface area contributed by atoms with Crippen LogP contribution >= 0.6 is 0 Å². The molecule has 1 fully saturated rings. The van der Waals surface area contributed by atoms with Crippen LogP contribution in [0.5, 0.6) is 0 Å². The fourth-order valence-corrected chi connectivity index (χ4v) is 6.44. The number of anilines is 2. The molecular formula is C33H41N3O4. The zero-order chi connectivity index (χ0) is 28.2. The van der Waals surface area contributed by atoms with Gasteiger partial charge in [-0.05, 0) is 75.9 Å². The van der Waals surface area contributed by atoms with Crippen molar-refractivity contribution in [3.8, 4) is 0 Å². The number of nitrogens with zero attached hydrogens (tertiary/aromatic N) is 3. The maximum absolute atomic E-state index is 14.4. The molecule has 2 heterocycles. The molecule has 7 heteroatoms. The lowest BCUT2D eigenvalue weighted by Gasteiger charge is -2.44. The van der Waals surface area contributed by atoms with Crippen molar-refractivity contribution in [2.24, 2.45) is 0 Å². The first-order chi connectivity index (χ1) is 19.4. The second-order valence-electron chi connectivity index (χ2n) is 11.4. The summed E-state index contributed by atoms with van der Waals surface area (Å²) in [5, 5.41) is 9.86. The van der Waals surface area contributed by atoms with Crippen molar-refractivity contribution < 1.29 is 19.1 Å². The highest BCUT2D eigenvalue weighted by molar-refractivity contribution is 6.06. The van der Waals surface area contributed by atoms with E-state index in [1.165, 1.54) is 12.7 Å². The first-order valence-electron chi connectivity index (χ1n) is 14.6. The fourth-order valence-electron chi connectivity index (χ4n) is 6.44. The van der Waals surface area contributed by atoms with Crippen molar-refractivity contribution in [2.45, 2.75) is 77.4 Å². The Bertz CT molecular complexity index is 1300. The molecule has 1 aromatic heterocycles. The Labute approximate surface area is 237 Å². The summed E-state index contributed by atoms with van der Waals surface area (Å²) in [6, 6.07) is 17.6. The van der Waals surface area contributed by atoms with Crippen LogP contribution in [0.1, 0.15) is 78.7 Å². The summed E-state index contributed by atoms with van der Waals surface area (Å²) in [7, 11) is 0. The summed E-state index contributed by atoms with van der Waals surface area (Å²) < 4.78 is 5.47. The van der Waals surface area contributed by atoms with Crippen molar-refractivity contribution in [1.29, 1.82) is 0 Å². The maximum atomic E-state index is 14.4. The van der Waals surface area contributed by atoms with Crippen LogP contribution in [0.15, 0.2) is 65.3 Å². The predicted molar refractivity (Wildman–Crippen MR) is 158 cm³/mol. The van der Waals surface area contributed by atoms with Gasteiger partial charge < -0.3 is 19.3 Å². The standard InChI is InChI=1S/C33H41N3O4/c1-23-11-14-27(15-12-23)36(32(38)22-34(17-18-37)26-8-5-4-6-9-26)30-21-25(3)35(33(39)31-10-7-19-40-31)29-16-13-24(2)20-28(29)30/h7,10-16,19-20,25-26,30,37H,4-6,8-9,17-18,21-22H2,1-3H3/t25-,30-/m1/s1. The van der Waals surface area contributed by atoms with Gasteiger partial charge in [0.15, 0.2) is 5.76 Å². The van der Waals surface area contributed by atoms with Gasteiger partial charge in [-0.3, -0.25) is 14.5 Å². The molecule has 0 unspecified atom stereocenters. The lowest BCUT2D eigenvalue weighted by atomic mass is 9.88. The zero-order valence-corrected chi connectivity index (χ0v) is 23.9. The molecule has 5 rings (SSSR count). The number of amides is 2. The Kier molecular flexibility index (Phi) is 8.72. The highest BCUT2D eigenvalue weighted by atomic mass is 16.3. The van der Waals surface area contributed by atoms with Crippen LogP contribution in [-0.2, 0) is 4.79 Å². The molecule has 40 heavy (non-hydrogen) atoms. The van der Waals surface area contributed by atoms with Gasteiger partial charge in [0.1, 0.15) is 0 Å². The van der Waals surface area contributed by atoms with Crippen LogP contribution in [-0.4, -0.2) is 53.6 Å². The van der Waals surface area contributed by atoms with Gasteiger partial charge in [0.25, 0.3) is 5.91 Å². The third kappa shape index (κ3) is 5.86. The molecule has 2 aromatic carbocycles. The van der Waals surface area contributed by atoms with Crippen molar-refractivity contribution in [1.82, 2.24) is 4.90 Å². The normalized spacial score (nSPS) is 19.5. The minimum atomic E-state index is -0.247. The summed E-state index contributed by atoms with van der Waals surface area (Å²) in [6.07, 6.45) is 7.78. The molecule has 0 bridgehead atoms. The Morgan fingerprint density at radius 2 is 1.73 bits per heavy atom. The van der Waals surface area contributed by atoms with Crippen LogP contribution in [0.3, 0.4) is 0 Å². The average molecular weight is 544 g/mol. The van der Waals surface area contributed by atoms with Crippen molar-refractivity contribution in [3.63, 3.8) is 0 Å². The number of hydrogen-bond acceptors (Lipinski definition) is 5. The van der Waals surface area contributed by atoms with Gasteiger partial charge in [-0.2, -0.15) is 0 Å². The first kappa shape index (κ1) is 28.1. The third-order valence-corrected chi connectivity index (χ3v) is 8.47. The van der Waals surface area contributed by atoms with E-state index in [-0.39, 0.29) is 37.0 Å². The van der Waals surface area contributed by atoms with E-state index in [4.69, 9.17) is 4.42 Å². The number of furan rings is 1. The van der Waals surface area contributed by atoms with Crippen molar-refractivity contribution in [3.05, 3.63) is 83.3 Å². The Hall–Kier alpha value is -3.42. The number of carbonyl (C=O) groups is 2. The predicted octanol–water partition coefficient (Wildman–Crippen LogP) is 6.04. The van der Waals surface area contributed by atoms with Crippen molar-refractivity contribution >= 4 is 23.2 Å². The number of rotatable bonds is 8. The molecule has 2 atom stereocenters. The molecular weight excluding hydrogens is 502 g/mol. The third-order valence-electron chi connectivity index (χ3n) is 8.47. The quantitative estimate of drug-likeness (QED) is 0.375. The minimum Gasteiger partial charge on any atom is -0.459 e. The molecule has 2 amide bonds. The number of hydrogen-bond donors (Lipinski definition) is 1. The van der Waals surface area contributed by atoms with E-state index in [1.807, 2.05) is 67.0 Å². The van der Waals surface area contributed by atoms with Crippen LogP contribution in [0.2, 0.25) is 0 Å². The Morgan fingerprint density at radius 1 is 1.00 bits per heavy atom. The number of benzene rings is 2. The van der Waals surface area contributed by atoms with Crippen LogP contribution in [0, 0.1) is 13.8 Å². The van der Waals surface area contributed by atoms with Crippen LogP contribution in [0.4, 0.5) is 11.4 Å². The number of aliphatic hydroxyl groups is 1. The van der Waals surface area contributed by atoms with Crippen LogP contribution < -0.4 is 9.80 Å². The molecule has 7 nitrogen and oxygen atoms in total. The summed E-state index contributed by atoms with van der Waals surface area (Å²) in [5.74, 6) is 0.134. The molecule has 3 aromatic rings. The molecule has 0 spiro atoms. The highest BCUT2D eigenvalue weighted by Gasteiger charge is 2.40. The van der Waals surface area contributed by atoms with Crippen molar-refractivity contribution in [2.75, 3.05) is 29.5 Å². The monoisotopic (exact) mass is 543 g/mol. The van der Waals surface area contributed by atoms with E-state index in [0.29, 0.717) is 24.8 Å².